The SMILES string of the molecule is COc1ccc(CNC(=O)c2sc(=O)n(Cc3ccc(SC)cc3)c2C)cc1. The average molecular weight is 415 g/mol. The highest BCUT2D eigenvalue weighted by atomic mass is 32.2. The molecule has 0 saturated heterocycles. The lowest BCUT2D eigenvalue weighted by Crippen LogP contribution is -2.23. The van der Waals surface area contributed by atoms with E-state index in [1.807, 2.05) is 61.7 Å². The molecular weight excluding hydrogens is 392 g/mol. The topological polar surface area (TPSA) is 60.3 Å². The molecule has 146 valence electrons. The van der Waals surface area contributed by atoms with Crippen LogP contribution in [0.1, 0.15) is 26.5 Å². The summed E-state index contributed by atoms with van der Waals surface area (Å²) in [5, 5.41) is 2.89. The quantitative estimate of drug-likeness (QED) is 0.595. The van der Waals surface area contributed by atoms with Gasteiger partial charge in [-0.1, -0.05) is 35.6 Å². The second-order valence-electron chi connectivity index (χ2n) is 6.25. The first-order valence-electron chi connectivity index (χ1n) is 8.76. The standard InChI is InChI=1S/C21H22N2O3S2/c1-14-19(20(24)22-12-15-4-8-17(26-2)9-5-15)28-21(25)23(14)13-16-6-10-18(27-3)11-7-16/h4-11H,12-13H2,1-3H3,(H,22,24). The third kappa shape index (κ3) is 4.66. The smallest absolute Gasteiger partial charge is 0.308 e. The molecule has 0 saturated carbocycles. The van der Waals surface area contributed by atoms with E-state index in [4.69, 9.17) is 4.74 Å². The van der Waals surface area contributed by atoms with Crippen LogP contribution in [-0.4, -0.2) is 23.8 Å². The van der Waals surface area contributed by atoms with Crippen molar-refractivity contribution in [1.82, 2.24) is 9.88 Å². The van der Waals surface area contributed by atoms with E-state index < -0.39 is 0 Å². The van der Waals surface area contributed by atoms with Gasteiger partial charge in [-0.3, -0.25) is 14.2 Å². The van der Waals surface area contributed by atoms with Crippen LogP contribution in [-0.2, 0) is 13.1 Å². The Balaban J connectivity index is 1.70. The van der Waals surface area contributed by atoms with Crippen molar-refractivity contribution in [3.05, 3.63) is 79.9 Å². The Labute approximate surface area is 172 Å². The number of thioether (sulfide) groups is 1. The highest BCUT2D eigenvalue weighted by molar-refractivity contribution is 7.98. The summed E-state index contributed by atoms with van der Waals surface area (Å²) in [5.74, 6) is 0.540. The summed E-state index contributed by atoms with van der Waals surface area (Å²) in [4.78, 5) is 26.5. The fourth-order valence-corrected chi connectivity index (χ4v) is 4.11. The molecule has 5 nitrogen and oxygen atoms in total. The number of hydrogen-bond acceptors (Lipinski definition) is 5. The molecule has 1 heterocycles. The number of benzene rings is 2. The molecule has 0 aliphatic rings. The van der Waals surface area contributed by atoms with E-state index in [-0.39, 0.29) is 10.8 Å². The number of methoxy groups -OCH3 is 1. The van der Waals surface area contributed by atoms with Gasteiger partial charge in [0.1, 0.15) is 10.6 Å². The maximum Gasteiger partial charge on any atom is 0.308 e. The second kappa shape index (κ2) is 9.12. The van der Waals surface area contributed by atoms with Crippen molar-refractivity contribution in [2.75, 3.05) is 13.4 Å². The minimum Gasteiger partial charge on any atom is -0.497 e. The fourth-order valence-electron chi connectivity index (χ4n) is 2.79. The molecule has 28 heavy (non-hydrogen) atoms. The zero-order chi connectivity index (χ0) is 20.1. The number of carbonyl (C=O) groups is 1. The van der Waals surface area contributed by atoms with Gasteiger partial charge in [-0.05, 0) is 48.6 Å². The predicted molar refractivity (Wildman–Crippen MR) is 115 cm³/mol. The predicted octanol–water partition coefficient (Wildman–Crippen LogP) is 3.93. The number of hydrogen-bond donors (Lipinski definition) is 1. The highest BCUT2D eigenvalue weighted by Crippen LogP contribution is 2.18. The van der Waals surface area contributed by atoms with Crippen molar-refractivity contribution in [3.8, 4) is 5.75 Å². The van der Waals surface area contributed by atoms with Crippen LogP contribution in [0.4, 0.5) is 0 Å². The van der Waals surface area contributed by atoms with Crippen LogP contribution in [0.2, 0.25) is 0 Å². The van der Waals surface area contributed by atoms with Gasteiger partial charge < -0.3 is 10.1 Å². The lowest BCUT2D eigenvalue weighted by molar-refractivity contribution is 0.0954. The first-order valence-corrected chi connectivity index (χ1v) is 10.8. The van der Waals surface area contributed by atoms with Gasteiger partial charge in [0.25, 0.3) is 5.91 Å². The van der Waals surface area contributed by atoms with Crippen LogP contribution < -0.4 is 14.9 Å². The molecule has 1 amide bonds. The molecule has 1 N–H and O–H groups in total. The summed E-state index contributed by atoms with van der Waals surface area (Å²) in [6, 6.07) is 15.6. The van der Waals surface area contributed by atoms with Gasteiger partial charge in [-0.2, -0.15) is 0 Å². The van der Waals surface area contributed by atoms with E-state index >= 15 is 0 Å². The largest absolute Gasteiger partial charge is 0.497 e. The summed E-state index contributed by atoms with van der Waals surface area (Å²) in [5.41, 5.74) is 2.69. The second-order valence-corrected chi connectivity index (χ2v) is 8.09. The highest BCUT2D eigenvalue weighted by Gasteiger charge is 2.17. The zero-order valence-electron chi connectivity index (χ0n) is 16.0. The van der Waals surface area contributed by atoms with Gasteiger partial charge in [0.05, 0.1) is 13.7 Å². The minimum absolute atomic E-state index is 0.124. The number of amides is 1. The van der Waals surface area contributed by atoms with Crippen LogP contribution in [0.25, 0.3) is 0 Å². The van der Waals surface area contributed by atoms with Crippen molar-refractivity contribution in [1.29, 1.82) is 0 Å². The van der Waals surface area contributed by atoms with Gasteiger partial charge in [-0.15, -0.1) is 11.8 Å². The van der Waals surface area contributed by atoms with Crippen molar-refractivity contribution in [3.63, 3.8) is 0 Å². The fraction of sp³-hybridized carbons (Fsp3) is 0.238. The van der Waals surface area contributed by atoms with E-state index in [2.05, 4.69) is 5.32 Å². The summed E-state index contributed by atoms with van der Waals surface area (Å²) in [6.45, 7) is 2.67. The lowest BCUT2D eigenvalue weighted by atomic mass is 10.2. The first kappa shape index (κ1) is 20.2. The molecule has 0 spiro atoms. The molecular formula is C21H22N2O3S2. The van der Waals surface area contributed by atoms with Crippen molar-refractivity contribution in [2.24, 2.45) is 0 Å². The number of nitrogens with zero attached hydrogens (tertiary/aromatic N) is 1. The molecule has 0 unspecified atom stereocenters. The number of rotatable bonds is 7. The van der Waals surface area contributed by atoms with Crippen molar-refractivity contribution < 1.29 is 9.53 Å². The summed E-state index contributed by atoms with van der Waals surface area (Å²) in [6.07, 6.45) is 2.03. The van der Waals surface area contributed by atoms with Crippen molar-refractivity contribution in [2.45, 2.75) is 24.9 Å². The van der Waals surface area contributed by atoms with Crippen molar-refractivity contribution >= 4 is 29.0 Å². The van der Waals surface area contributed by atoms with Crippen LogP contribution in [0.5, 0.6) is 5.75 Å². The Morgan fingerprint density at radius 1 is 1.11 bits per heavy atom. The van der Waals surface area contributed by atoms with E-state index in [1.54, 1.807) is 23.4 Å². The number of aromatic nitrogens is 1. The Morgan fingerprint density at radius 2 is 1.75 bits per heavy atom. The van der Waals surface area contributed by atoms with Gasteiger partial charge in [0.2, 0.25) is 0 Å². The summed E-state index contributed by atoms with van der Waals surface area (Å²) in [7, 11) is 1.61. The molecule has 0 fully saturated rings. The van der Waals surface area contributed by atoms with Gasteiger partial charge in [0, 0.05) is 17.1 Å². The van der Waals surface area contributed by atoms with E-state index in [0.717, 1.165) is 28.2 Å². The minimum atomic E-state index is -0.230. The first-order chi connectivity index (χ1) is 13.5. The molecule has 3 rings (SSSR count). The normalized spacial score (nSPS) is 10.7. The van der Waals surface area contributed by atoms with E-state index in [0.29, 0.717) is 23.7 Å². The molecule has 1 aromatic heterocycles. The zero-order valence-corrected chi connectivity index (χ0v) is 17.7. The Morgan fingerprint density at radius 3 is 2.36 bits per heavy atom. The van der Waals surface area contributed by atoms with Gasteiger partial charge >= 0.3 is 4.87 Å². The third-order valence-corrected chi connectivity index (χ3v) is 6.28. The Kier molecular flexibility index (Phi) is 6.59. The average Bonchev–Trinajstić information content (AvgIpc) is 3.01. The maximum atomic E-state index is 12.6. The Bertz CT molecular complexity index is 1010. The maximum absolute atomic E-state index is 12.6. The molecule has 0 aliphatic carbocycles. The monoisotopic (exact) mass is 414 g/mol. The molecule has 0 aliphatic heterocycles. The van der Waals surface area contributed by atoms with E-state index in [1.165, 1.54) is 4.90 Å². The van der Waals surface area contributed by atoms with Crippen LogP contribution in [0.15, 0.2) is 58.2 Å². The number of nitrogens with one attached hydrogen (secondary N) is 1. The molecule has 0 bridgehead atoms. The van der Waals surface area contributed by atoms with Crippen LogP contribution >= 0.6 is 23.1 Å². The number of carbonyl (C=O) groups excluding carboxylic acids is 1. The molecule has 7 heteroatoms. The Hall–Kier alpha value is -2.51. The van der Waals surface area contributed by atoms with Gasteiger partial charge in [0.15, 0.2) is 0 Å². The number of ether oxygens (including phenoxy) is 1. The molecule has 0 atom stereocenters. The lowest BCUT2D eigenvalue weighted by Gasteiger charge is -2.08. The number of thiazole rings is 1. The summed E-state index contributed by atoms with van der Waals surface area (Å²) < 4.78 is 6.79. The van der Waals surface area contributed by atoms with Gasteiger partial charge in [-0.25, -0.2) is 0 Å². The third-order valence-electron chi connectivity index (χ3n) is 4.46. The van der Waals surface area contributed by atoms with Crippen LogP contribution in [0, 0.1) is 6.92 Å². The molecule has 2 aromatic carbocycles. The van der Waals surface area contributed by atoms with Crippen LogP contribution in [0.3, 0.4) is 0 Å². The van der Waals surface area contributed by atoms with E-state index in [9.17, 15) is 9.59 Å². The summed E-state index contributed by atoms with van der Waals surface area (Å²) >= 11 is 2.67. The molecule has 0 radical (unpaired) electrons. The molecule has 3 aromatic rings.